The van der Waals surface area contributed by atoms with Gasteiger partial charge < -0.3 is 10.0 Å². The molecule has 100 valence electrons. The van der Waals surface area contributed by atoms with E-state index in [1.54, 1.807) is 0 Å². The molecule has 0 bridgehead atoms. The van der Waals surface area contributed by atoms with Crippen LogP contribution < -0.4 is 0 Å². The molecule has 2 aliphatic heterocycles. The molecule has 6 heteroatoms. The average Bonchev–Trinajstić information content (AvgIpc) is 2.61. The van der Waals surface area contributed by atoms with E-state index in [0.717, 1.165) is 25.9 Å². The highest BCUT2D eigenvalue weighted by Gasteiger charge is 2.41. The van der Waals surface area contributed by atoms with Gasteiger partial charge in [-0.3, -0.25) is 9.69 Å². The maximum Gasteiger partial charge on any atom is 0.321 e. The monoisotopic (exact) mass is 266 g/mol. The highest BCUT2D eigenvalue weighted by molar-refractivity contribution is 5.85. The van der Waals surface area contributed by atoms with Crippen molar-refractivity contribution in [1.82, 2.24) is 9.80 Å². The number of carboxylic acids is 1. The highest BCUT2D eigenvalue weighted by atomic mass is 35.5. The van der Waals surface area contributed by atoms with Crippen LogP contribution in [0.2, 0.25) is 0 Å². The molecular formula is C11H20ClFN2O2. The minimum Gasteiger partial charge on any atom is -0.480 e. The summed E-state index contributed by atoms with van der Waals surface area (Å²) in [5.41, 5.74) is 0. The van der Waals surface area contributed by atoms with Crippen molar-refractivity contribution in [3.63, 3.8) is 0 Å². The molecule has 0 aromatic heterocycles. The minimum atomic E-state index is -0.972. The minimum absolute atomic E-state index is 0. The van der Waals surface area contributed by atoms with Crippen LogP contribution >= 0.6 is 12.4 Å². The molecule has 2 rings (SSSR count). The molecule has 0 spiro atoms. The largest absolute Gasteiger partial charge is 0.480 e. The predicted molar refractivity (Wildman–Crippen MR) is 65.4 cm³/mol. The van der Waals surface area contributed by atoms with Crippen molar-refractivity contribution in [3.8, 4) is 0 Å². The van der Waals surface area contributed by atoms with Crippen molar-refractivity contribution in [2.24, 2.45) is 0 Å². The Kier molecular flexibility index (Phi) is 5.16. The van der Waals surface area contributed by atoms with E-state index in [0.29, 0.717) is 6.54 Å². The van der Waals surface area contributed by atoms with Crippen LogP contribution in [0.5, 0.6) is 0 Å². The molecule has 2 heterocycles. The maximum atomic E-state index is 13.3. The number of hydrogen-bond donors (Lipinski definition) is 1. The van der Waals surface area contributed by atoms with Crippen LogP contribution in [0.1, 0.15) is 19.3 Å². The molecule has 4 nitrogen and oxygen atoms in total. The van der Waals surface area contributed by atoms with Crippen LogP contribution in [0, 0.1) is 0 Å². The molecule has 0 radical (unpaired) electrons. The Morgan fingerprint density at radius 3 is 2.47 bits per heavy atom. The topological polar surface area (TPSA) is 43.8 Å². The summed E-state index contributed by atoms with van der Waals surface area (Å²) < 4.78 is 13.3. The summed E-state index contributed by atoms with van der Waals surface area (Å²) in [5.74, 6) is -0.876. The lowest BCUT2D eigenvalue weighted by Gasteiger charge is -2.36. The summed E-state index contributed by atoms with van der Waals surface area (Å²) in [6.45, 7) is 2.25. The zero-order valence-corrected chi connectivity index (χ0v) is 10.8. The van der Waals surface area contributed by atoms with Gasteiger partial charge in [-0.05, 0) is 33.0 Å². The van der Waals surface area contributed by atoms with E-state index in [1.165, 1.54) is 0 Å². The number of hydrogen-bond acceptors (Lipinski definition) is 3. The second-order valence-corrected chi connectivity index (χ2v) is 4.92. The van der Waals surface area contributed by atoms with Gasteiger partial charge in [0.15, 0.2) is 0 Å². The highest BCUT2D eigenvalue weighted by Crippen LogP contribution is 2.27. The van der Waals surface area contributed by atoms with E-state index in [4.69, 9.17) is 5.11 Å². The lowest BCUT2D eigenvalue weighted by Crippen LogP contribution is -2.48. The number of piperidine rings is 1. The number of alkyl halides is 1. The number of carbonyl (C=O) groups is 1. The maximum absolute atomic E-state index is 13.3. The molecule has 0 aliphatic carbocycles. The molecule has 2 fully saturated rings. The van der Waals surface area contributed by atoms with Gasteiger partial charge >= 0.3 is 5.97 Å². The van der Waals surface area contributed by atoms with Crippen molar-refractivity contribution in [3.05, 3.63) is 0 Å². The van der Waals surface area contributed by atoms with Gasteiger partial charge in [0.2, 0.25) is 0 Å². The van der Waals surface area contributed by atoms with Crippen molar-refractivity contribution in [2.45, 2.75) is 37.5 Å². The molecule has 17 heavy (non-hydrogen) atoms. The van der Waals surface area contributed by atoms with Crippen LogP contribution in [-0.2, 0) is 4.79 Å². The fourth-order valence-corrected chi connectivity index (χ4v) is 2.78. The second-order valence-electron chi connectivity index (χ2n) is 4.92. The molecule has 0 aromatic carbocycles. The summed E-state index contributed by atoms with van der Waals surface area (Å²) in [6, 6.07) is -0.360. The zero-order valence-electron chi connectivity index (χ0n) is 10.0. The van der Waals surface area contributed by atoms with Gasteiger partial charge in [0, 0.05) is 19.0 Å². The van der Waals surface area contributed by atoms with Crippen LogP contribution in [0.15, 0.2) is 0 Å². The molecule has 0 aromatic rings. The van der Waals surface area contributed by atoms with Crippen LogP contribution in [-0.4, -0.2) is 65.8 Å². The number of halogens is 2. The van der Waals surface area contributed by atoms with E-state index < -0.39 is 18.2 Å². The lowest BCUT2D eigenvalue weighted by molar-refractivity contribution is -0.143. The van der Waals surface area contributed by atoms with Gasteiger partial charge in [-0.1, -0.05) is 0 Å². The Morgan fingerprint density at radius 1 is 1.35 bits per heavy atom. The number of aliphatic carboxylic acids is 1. The summed E-state index contributed by atoms with van der Waals surface area (Å²) >= 11 is 0. The van der Waals surface area contributed by atoms with Crippen molar-refractivity contribution >= 4 is 18.4 Å². The van der Waals surface area contributed by atoms with Gasteiger partial charge in [0.25, 0.3) is 0 Å². The summed E-state index contributed by atoms with van der Waals surface area (Å²) in [6.07, 6.45) is 1.09. The molecule has 0 unspecified atom stereocenters. The molecule has 2 atom stereocenters. The third-order valence-corrected chi connectivity index (χ3v) is 3.73. The van der Waals surface area contributed by atoms with Crippen LogP contribution in [0.25, 0.3) is 0 Å². The van der Waals surface area contributed by atoms with E-state index >= 15 is 0 Å². The Balaban J connectivity index is 0.00000144. The third kappa shape index (κ3) is 3.30. The van der Waals surface area contributed by atoms with Gasteiger partial charge in [0.05, 0.1) is 0 Å². The molecule has 2 saturated heterocycles. The number of likely N-dealkylation sites (tertiary alicyclic amines) is 2. The first-order chi connectivity index (χ1) is 7.58. The fraction of sp³-hybridized carbons (Fsp3) is 0.909. The van der Waals surface area contributed by atoms with Crippen molar-refractivity contribution in [1.29, 1.82) is 0 Å². The second kappa shape index (κ2) is 5.98. The van der Waals surface area contributed by atoms with Crippen LogP contribution in [0.3, 0.4) is 0 Å². The summed E-state index contributed by atoms with van der Waals surface area (Å²) in [4.78, 5) is 15.1. The number of rotatable bonds is 2. The number of carboxylic acid groups (broad SMARTS) is 1. The van der Waals surface area contributed by atoms with Gasteiger partial charge in [-0.2, -0.15) is 0 Å². The van der Waals surface area contributed by atoms with Gasteiger partial charge in [-0.25, -0.2) is 4.39 Å². The SMILES string of the molecule is CN1CCC(N2C[C@@H](F)C[C@@H]2C(=O)O)CC1.Cl. The molecule has 0 amide bonds. The normalized spacial score (nSPS) is 32.4. The first-order valence-electron chi connectivity index (χ1n) is 5.89. The number of nitrogens with zero attached hydrogens (tertiary/aromatic N) is 2. The van der Waals surface area contributed by atoms with Gasteiger partial charge in [0.1, 0.15) is 12.2 Å². The smallest absolute Gasteiger partial charge is 0.321 e. The summed E-state index contributed by atoms with van der Waals surface area (Å²) in [5, 5.41) is 9.07. The first-order valence-corrected chi connectivity index (χ1v) is 5.89. The van der Waals surface area contributed by atoms with E-state index in [-0.39, 0.29) is 24.9 Å². The molecule has 1 N–H and O–H groups in total. The Morgan fingerprint density at radius 2 is 1.94 bits per heavy atom. The van der Waals surface area contributed by atoms with Crippen molar-refractivity contribution < 1.29 is 14.3 Å². The Bertz CT molecular complexity index is 272. The fourth-order valence-electron chi connectivity index (χ4n) is 2.78. The Labute approximate surface area is 107 Å². The van der Waals surface area contributed by atoms with Crippen LogP contribution in [0.4, 0.5) is 4.39 Å². The standard InChI is InChI=1S/C11H19FN2O2.ClH/c1-13-4-2-9(3-5-13)14-7-8(12)6-10(14)11(15)16;/h8-10H,2-7H2,1H3,(H,15,16);1H/t8-,10+;/m0./s1. The summed E-state index contributed by atoms with van der Waals surface area (Å²) in [7, 11) is 2.06. The zero-order chi connectivity index (χ0) is 11.7. The van der Waals surface area contributed by atoms with Gasteiger partial charge in [-0.15, -0.1) is 12.4 Å². The lowest BCUT2D eigenvalue weighted by atomic mass is 10.0. The van der Waals surface area contributed by atoms with E-state index in [9.17, 15) is 9.18 Å². The molecule has 2 aliphatic rings. The first kappa shape index (κ1) is 14.7. The predicted octanol–water partition coefficient (Wildman–Crippen LogP) is 0.999. The van der Waals surface area contributed by atoms with E-state index in [2.05, 4.69) is 11.9 Å². The molecule has 0 saturated carbocycles. The third-order valence-electron chi connectivity index (χ3n) is 3.73. The average molecular weight is 267 g/mol. The Hall–Kier alpha value is -0.390. The van der Waals surface area contributed by atoms with E-state index in [1.807, 2.05) is 4.90 Å². The quantitative estimate of drug-likeness (QED) is 0.810. The molecular weight excluding hydrogens is 247 g/mol. The van der Waals surface area contributed by atoms with Crippen molar-refractivity contribution in [2.75, 3.05) is 26.7 Å².